The Kier molecular flexibility index (Phi) is 6.20. The molecule has 0 aliphatic carbocycles. The molecule has 2 aromatic heterocycles. The van der Waals surface area contributed by atoms with Crippen molar-refractivity contribution >= 4 is 22.2 Å². The summed E-state index contributed by atoms with van der Waals surface area (Å²) in [6, 6.07) is 2.22. The number of ether oxygens (including phenoxy) is 2. The van der Waals surface area contributed by atoms with Gasteiger partial charge in [-0.05, 0) is 38.3 Å². The van der Waals surface area contributed by atoms with E-state index in [0.29, 0.717) is 23.8 Å². The summed E-state index contributed by atoms with van der Waals surface area (Å²) in [5, 5.41) is 0. The second-order valence-electron chi connectivity index (χ2n) is 6.11. The molecule has 0 saturated heterocycles. The third kappa shape index (κ3) is 4.75. The number of nitrogens with one attached hydrogen (secondary N) is 1. The third-order valence-electron chi connectivity index (χ3n) is 3.81. The fraction of sp³-hybridized carbons (Fsp3) is 0.278. The quantitative estimate of drug-likeness (QED) is 0.725. The number of fused-ring (bicyclic) bond motifs is 1. The molecule has 0 saturated carbocycles. The molecule has 156 valence electrons. The van der Waals surface area contributed by atoms with Crippen molar-refractivity contribution in [1.82, 2.24) is 9.97 Å². The Morgan fingerprint density at radius 1 is 1.38 bits per heavy atom. The fourth-order valence-electron chi connectivity index (χ4n) is 2.63. The Hall–Kier alpha value is -2.89. The van der Waals surface area contributed by atoms with Gasteiger partial charge in [-0.3, -0.25) is 4.99 Å². The highest BCUT2D eigenvalue weighted by Gasteiger charge is 2.18. The molecule has 11 heteroatoms. The molecule has 0 unspecified atom stereocenters. The minimum atomic E-state index is -4.21. The van der Waals surface area contributed by atoms with Crippen LogP contribution in [0.25, 0.3) is 0 Å². The second-order valence-corrected chi connectivity index (χ2v) is 7.76. The SMILES string of the molecule is CCOc1ncc(F)cc1S([O-])([O-])Nc1cnc2c(c1)C(C=CN)=N[C@@H](C)CO2. The van der Waals surface area contributed by atoms with E-state index in [-0.39, 0.29) is 24.2 Å². The van der Waals surface area contributed by atoms with Crippen LogP contribution in [-0.2, 0) is 0 Å². The number of rotatable bonds is 6. The number of hydrogen-bond donors (Lipinski definition) is 2. The number of allylic oxidation sites excluding steroid dienone is 1. The maximum absolute atomic E-state index is 13.6. The van der Waals surface area contributed by atoms with E-state index in [4.69, 9.17) is 15.2 Å². The molecule has 3 rings (SSSR count). The van der Waals surface area contributed by atoms with Crippen LogP contribution in [-0.4, -0.2) is 44.0 Å². The van der Waals surface area contributed by atoms with E-state index in [0.717, 1.165) is 12.3 Å². The lowest BCUT2D eigenvalue weighted by molar-refractivity contribution is 0.289. The number of hydrogen-bond acceptors (Lipinski definition) is 9. The van der Waals surface area contributed by atoms with Gasteiger partial charge in [-0.2, -0.15) is 0 Å². The Bertz CT molecular complexity index is 954. The van der Waals surface area contributed by atoms with E-state index < -0.39 is 21.5 Å². The van der Waals surface area contributed by atoms with Gasteiger partial charge in [0.25, 0.3) is 0 Å². The molecule has 0 fully saturated rings. The Morgan fingerprint density at radius 3 is 2.90 bits per heavy atom. The molecule has 1 aliphatic rings. The van der Waals surface area contributed by atoms with Gasteiger partial charge in [0.2, 0.25) is 11.8 Å². The lowest BCUT2D eigenvalue weighted by atomic mass is 10.1. The number of nitrogens with two attached hydrogens (primary N) is 1. The van der Waals surface area contributed by atoms with Crippen molar-refractivity contribution in [3.63, 3.8) is 0 Å². The van der Waals surface area contributed by atoms with Crippen LogP contribution < -0.4 is 19.9 Å². The van der Waals surface area contributed by atoms with Crippen LogP contribution in [0.4, 0.5) is 10.1 Å². The van der Waals surface area contributed by atoms with Gasteiger partial charge in [0, 0.05) is 0 Å². The molecule has 0 aromatic carbocycles. The molecule has 1 aliphatic heterocycles. The first-order valence-corrected chi connectivity index (χ1v) is 10.2. The molecule has 0 bridgehead atoms. The number of pyridine rings is 2. The van der Waals surface area contributed by atoms with Crippen molar-refractivity contribution in [3.8, 4) is 11.8 Å². The topological polar surface area (TPSA) is 141 Å². The van der Waals surface area contributed by atoms with Gasteiger partial charge in [-0.15, -0.1) is 0 Å². The van der Waals surface area contributed by atoms with Crippen molar-refractivity contribution in [3.05, 3.63) is 48.2 Å². The zero-order chi connectivity index (χ0) is 21.0. The normalized spacial score (nSPS) is 17.1. The van der Waals surface area contributed by atoms with E-state index >= 15 is 0 Å². The highest BCUT2D eigenvalue weighted by Crippen LogP contribution is 2.51. The van der Waals surface area contributed by atoms with Crippen LogP contribution in [0.3, 0.4) is 0 Å². The van der Waals surface area contributed by atoms with Crippen LogP contribution in [0, 0.1) is 5.82 Å². The van der Waals surface area contributed by atoms with Gasteiger partial charge in [0.15, 0.2) is 0 Å². The minimum absolute atomic E-state index is 0.131. The van der Waals surface area contributed by atoms with Gasteiger partial charge >= 0.3 is 0 Å². The summed E-state index contributed by atoms with van der Waals surface area (Å²) in [4.78, 5) is 11.9. The largest absolute Gasteiger partial charge is 0.779 e. The highest BCUT2D eigenvalue weighted by atomic mass is 32.3. The van der Waals surface area contributed by atoms with Crippen LogP contribution in [0.1, 0.15) is 19.4 Å². The maximum Gasteiger partial charge on any atom is 0.232 e. The monoisotopic (exact) mass is 421 g/mol. The zero-order valence-corrected chi connectivity index (χ0v) is 16.6. The summed E-state index contributed by atoms with van der Waals surface area (Å²) in [7, 11) is -4.21. The van der Waals surface area contributed by atoms with Crippen LogP contribution >= 0.6 is 10.8 Å². The number of aromatic nitrogens is 2. The Labute approximate surface area is 169 Å². The first-order valence-electron chi connectivity index (χ1n) is 8.74. The highest BCUT2D eigenvalue weighted by molar-refractivity contribution is 8.25. The molecular formula is C18H20FN5O4S-2. The van der Waals surface area contributed by atoms with Gasteiger partial charge in [0.1, 0.15) is 12.4 Å². The summed E-state index contributed by atoms with van der Waals surface area (Å²) in [5.41, 5.74) is 6.60. The molecule has 3 N–H and O–H groups in total. The standard InChI is InChI=1S/C18H22FN5O4S/c1-3-27-18-16(6-12(19)8-21-18)29(25,26)24-13-7-14-15(4-5-20)23-11(2)10-28-17(14)22-9-13/h4-9,11,24-26H,3,10,20H2,1-2H3/p-2/t11-/m0/s1. The average Bonchev–Trinajstić information content (AvgIpc) is 2.82. The molecule has 1 atom stereocenters. The maximum atomic E-state index is 13.6. The molecule has 29 heavy (non-hydrogen) atoms. The lowest BCUT2D eigenvalue weighted by Gasteiger charge is -2.59. The first kappa shape index (κ1) is 20.8. The Morgan fingerprint density at radius 2 is 2.17 bits per heavy atom. The number of nitrogens with zero attached hydrogens (tertiary/aromatic N) is 3. The van der Waals surface area contributed by atoms with Gasteiger partial charge < -0.3 is 39.8 Å². The first-order chi connectivity index (χ1) is 13.8. The summed E-state index contributed by atoms with van der Waals surface area (Å²) in [6.07, 6.45) is 5.08. The summed E-state index contributed by atoms with van der Waals surface area (Å²) >= 11 is 0. The summed E-state index contributed by atoms with van der Waals surface area (Å²) in [6.45, 7) is 4.02. The fourth-order valence-corrected chi connectivity index (χ4v) is 3.77. The van der Waals surface area contributed by atoms with Crippen LogP contribution in [0.15, 0.2) is 46.7 Å². The van der Waals surface area contributed by atoms with E-state index in [1.165, 1.54) is 18.5 Å². The van der Waals surface area contributed by atoms with Crippen molar-refractivity contribution < 1.29 is 23.0 Å². The van der Waals surface area contributed by atoms with E-state index in [2.05, 4.69) is 19.7 Å². The Balaban J connectivity index is 1.98. The number of anilines is 1. The van der Waals surface area contributed by atoms with E-state index in [1.54, 1.807) is 13.0 Å². The summed E-state index contributed by atoms with van der Waals surface area (Å²) in [5.74, 6) is -0.704. The van der Waals surface area contributed by atoms with Crippen molar-refractivity contribution in [2.24, 2.45) is 10.7 Å². The van der Waals surface area contributed by atoms with E-state index in [1.807, 2.05) is 6.92 Å². The minimum Gasteiger partial charge on any atom is -0.779 e. The second kappa shape index (κ2) is 8.64. The lowest BCUT2D eigenvalue weighted by Crippen LogP contribution is -2.14. The molecular weight excluding hydrogens is 401 g/mol. The molecule has 9 nitrogen and oxygen atoms in total. The predicted octanol–water partition coefficient (Wildman–Crippen LogP) is 2.51. The average molecular weight is 421 g/mol. The number of aliphatic imine (C=N–C) groups is 1. The smallest absolute Gasteiger partial charge is 0.232 e. The molecule has 3 heterocycles. The molecule has 2 aromatic rings. The predicted molar refractivity (Wildman–Crippen MR) is 105 cm³/mol. The van der Waals surface area contributed by atoms with Gasteiger partial charge in [-0.1, -0.05) is 0 Å². The number of sulfonamides is 1. The zero-order valence-electron chi connectivity index (χ0n) is 15.8. The molecule has 0 spiro atoms. The third-order valence-corrected chi connectivity index (χ3v) is 5.19. The molecule has 0 radical (unpaired) electrons. The van der Waals surface area contributed by atoms with E-state index in [9.17, 15) is 13.5 Å². The summed E-state index contributed by atoms with van der Waals surface area (Å²) < 4.78 is 52.5. The van der Waals surface area contributed by atoms with Gasteiger partial charge in [0.05, 0.1) is 46.9 Å². The number of halogens is 1. The van der Waals surface area contributed by atoms with Crippen molar-refractivity contribution in [1.29, 1.82) is 0 Å². The molecule has 0 amide bonds. The van der Waals surface area contributed by atoms with Crippen LogP contribution in [0.2, 0.25) is 0 Å². The van der Waals surface area contributed by atoms with Crippen molar-refractivity contribution in [2.45, 2.75) is 24.8 Å². The van der Waals surface area contributed by atoms with Crippen LogP contribution in [0.5, 0.6) is 11.8 Å². The van der Waals surface area contributed by atoms with Gasteiger partial charge in [-0.25, -0.2) is 14.4 Å². The van der Waals surface area contributed by atoms with Crippen molar-refractivity contribution in [2.75, 3.05) is 17.9 Å².